The zero-order valence-electron chi connectivity index (χ0n) is 18.4. The Labute approximate surface area is 195 Å². The molecule has 2 atom stereocenters. The van der Waals surface area contributed by atoms with Crippen LogP contribution in [0.5, 0.6) is 0 Å². The summed E-state index contributed by atoms with van der Waals surface area (Å²) in [6.07, 6.45) is -7.44. The van der Waals surface area contributed by atoms with Gasteiger partial charge in [-0.1, -0.05) is 6.07 Å². The molecule has 2 aromatic rings. The number of fused-ring (bicyclic) bond motifs is 1. The largest absolute Gasteiger partial charge is 0.437 e. The van der Waals surface area contributed by atoms with Crippen molar-refractivity contribution in [3.05, 3.63) is 29.4 Å². The number of oxazole rings is 1. The number of nitrogens with one attached hydrogen (secondary N) is 2. The predicted molar refractivity (Wildman–Crippen MR) is 108 cm³/mol. The Kier molecular flexibility index (Phi) is 6.49. The maximum absolute atomic E-state index is 15.2. The number of amides is 3. The van der Waals surface area contributed by atoms with Crippen LogP contribution in [0.4, 0.5) is 35.9 Å². The van der Waals surface area contributed by atoms with Crippen LogP contribution in [0.1, 0.15) is 43.2 Å². The fraction of sp³-hybridized carbons (Fsp3) is 0.571. The molecule has 1 aromatic carbocycles. The Morgan fingerprint density at radius 3 is 2.63 bits per heavy atom. The molecule has 14 heteroatoms. The van der Waals surface area contributed by atoms with Gasteiger partial charge in [-0.2, -0.15) is 13.2 Å². The van der Waals surface area contributed by atoms with E-state index in [1.165, 1.54) is 19.2 Å². The monoisotopic (exact) mass is 508 g/mol. The topological polar surface area (TPSA) is 96.7 Å². The van der Waals surface area contributed by atoms with Crippen LogP contribution in [-0.4, -0.2) is 53.7 Å². The van der Waals surface area contributed by atoms with E-state index in [0.29, 0.717) is 0 Å². The number of benzene rings is 1. The molecule has 2 aliphatic rings. The number of alkyl halides is 5. The summed E-state index contributed by atoms with van der Waals surface area (Å²) in [7, 11) is 1.31. The molecule has 1 saturated carbocycles. The van der Waals surface area contributed by atoms with Crippen molar-refractivity contribution in [2.24, 2.45) is 5.92 Å². The summed E-state index contributed by atoms with van der Waals surface area (Å²) in [5, 5.41) is 4.06. The number of nitrogens with zero attached hydrogens (tertiary/aromatic N) is 2. The van der Waals surface area contributed by atoms with Gasteiger partial charge in [0.15, 0.2) is 17.5 Å². The molecule has 192 valence electrons. The van der Waals surface area contributed by atoms with E-state index in [0.717, 1.165) is 4.90 Å². The molecule has 4 rings (SSSR count). The second-order valence-electron chi connectivity index (χ2n) is 8.63. The van der Waals surface area contributed by atoms with E-state index in [1.54, 1.807) is 5.32 Å². The van der Waals surface area contributed by atoms with Crippen LogP contribution in [0.2, 0.25) is 0 Å². The van der Waals surface area contributed by atoms with Gasteiger partial charge >= 0.3 is 18.3 Å². The van der Waals surface area contributed by atoms with Crippen LogP contribution < -0.4 is 10.6 Å². The van der Waals surface area contributed by atoms with E-state index in [2.05, 4.69) is 10.3 Å². The average molecular weight is 508 g/mol. The summed E-state index contributed by atoms with van der Waals surface area (Å²) in [5.74, 6) is -4.49. The van der Waals surface area contributed by atoms with E-state index < -0.39 is 74.0 Å². The number of alkyl carbamates (subject to hydrolysis) is 1. The highest BCUT2D eigenvalue weighted by Gasteiger charge is 2.47. The molecule has 1 aliphatic carbocycles. The van der Waals surface area contributed by atoms with Crippen LogP contribution in [0.15, 0.2) is 16.5 Å². The molecule has 1 aliphatic heterocycles. The number of aromatic nitrogens is 1. The fourth-order valence-corrected chi connectivity index (χ4v) is 4.27. The molecule has 3 amide bonds. The summed E-state index contributed by atoms with van der Waals surface area (Å²) < 4.78 is 92.1. The van der Waals surface area contributed by atoms with Gasteiger partial charge in [-0.05, 0) is 18.9 Å². The van der Waals surface area contributed by atoms with Gasteiger partial charge in [0.2, 0.25) is 11.8 Å². The summed E-state index contributed by atoms with van der Waals surface area (Å²) in [4.78, 5) is 28.7. The zero-order chi connectivity index (χ0) is 25.5. The third-order valence-electron chi connectivity index (χ3n) is 6.21. The maximum atomic E-state index is 15.2. The maximum Gasteiger partial charge on any atom is 0.410 e. The van der Waals surface area contributed by atoms with Gasteiger partial charge < -0.3 is 24.7 Å². The second kappa shape index (κ2) is 9.11. The number of rotatable bonds is 5. The third-order valence-corrected chi connectivity index (χ3v) is 6.21. The number of carbonyl (C=O) groups is 2. The van der Waals surface area contributed by atoms with Crippen LogP contribution in [-0.2, 0) is 11.3 Å². The average Bonchev–Trinajstić information content (AvgIpc) is 3.38. The van der Waals surface area contributed by atoms with E-state index in [9.17, 15) is 31.5 Å². The Hall–Kier alpha value is -3.19. The minimum absolute atomic E-state index is 0.0194. The van der Waals surface area contributed by atoms with Crippen LogP contribution >= 0.6 is 0 Å². The van der Waals surface area contributed by atoms with E-state index >= 15 is 4.39 Å². The molecule has 0 unspecified atom stereocenters. The second-order valence-corrected chi connectivity index (χ2v) is 8.63. The molecular formula is C21H22F6N4O4. The first-order chi connectivity index (χ1) is 16.4. The van der Waals surface area contributed by atoms with Crippen molar-refractivity contribution in [2.75, 3.05) is 13.6 Å². The molecule has 0 spiro atoms. The zero-order valence-corrected chi connectivity index (χ0v) is 18.4. The van der Waals surface area contributed by atoms with Crippen LogP contribution in [0.25, 0.3) is 11.1 Å². The Morgan fingerprint density at radius 2 is 2.03 bits per heavy atom. The minimum atomic E-state index is -4.64. The quantitative estimate of drug-likeness (QED) is 0.574. The molecule has 2 N–H and O–H groups in total. The van der Waals surface area contributed by atoms with Crippen molar-refractivity contribution in [3.8, 4) is 0 Å². The first-order valence-electron chi connectivity index (χ1n) is 10.8. The molecular weight excluding hydrogens is 486 g/mol. The molecule has 8 nitrogen and oxygen atoms in total. The van der Waals surface area contributed by atoms with Gasteiger partial charge in [-0.25, -0.2) is 27.7 Å². The van der Waals surface area contributed by atoms with Gasteiger partial charge in [0.25, 0.3) is 0 Å². The van der Waals surface area contributed by atoms with E-state index in [4.69, 9.17) is 9.15 Å². The van der Waals surface area contributed by atoms with Crippen molar-refractivity contribution in [1.82, 2.24) is 20.5 Å². The highest BCUT2D eigenvalue weighted by Crippen LogP contribution is 2.43. The number of hydrogen-bond acceptors (Lipinski definition) is 5. The van der Waals surface area contributed by atoms with E-state index in [1.807, 2.05) is 0 Å². The van der Waals surface area contributed by atoms with Crippen molar-refractivity contribution in [2.45, 2.75) is 56.5 Å². The number of hydrogen-bond donors (Lipinski definition) is 2. The van der Waals surface area contributed by atoms with Gasteiger partial charge in [0.05, 0.1) is 13.1 Å². The van der Waals surface area contributed by atoms with Gasteiger partial charge in [-0.15, -0.1) is 0 Å². The molecule has 2 heterocycles. The Morgan fingerprint density at radius 1 is 1.34 bits per heavy atom. The van der Waals surface area contributed by atoms with E-state index in [-0.39, 0.29) is 35.4 Å². The standard InChI is InChI=1S/C21H22F6N4O4/c1-28-19(33)35-16(10-4-6-20(23,24)7-5-10)17-30-15-12(34-17)3-2-11(14(15)22)8-31-9-13(21(25,26)27)29-18(31)32/h2-3,10,13,16H,4-9H2,1H3,(H,28,33)(H,29,32)/t13-,16-/m0/s1. The van der Waals surface area contributed by atoms with Gasteiger partial charge in [0, 0.05) is 31.4 Å². The molecule has 1 saturated heterocycles. The highest BCUT2D eigenvalue weighted by atomic mass is 19.4. The lowest BCUT2D eigenvalue weighted by atomic mass is 9.83. The van der Waals surface area contributed by atoms with Gasteiger partial charge in [0.1, 0.15) is 11.6 Å². The SMILES string of the molecule is CNC(=O)O[C@H](c1nc2c(F)c(CN3C[C@@H](C(F)(F)F)NC3=O)ccc2o1)C1CCC(F)(F)CC1. The lowest BCUT2D eigenvalue weighted by molar-refractivity contribution is -0.149. The molecule has 35 heavy (non-hydrogen) atoms. The normalized spacial score (nSPS) is 21.7. The Bertz CT molecular complexity index is 1110. The number of urea groups is 1. The van der Waals surface area contributed by atoms with Crippen LogP contribution in [0.3, 0.4) is 0 Å². The van der Waals surface area contributed by atoms with Crippen LogP contribution in [0, 0.1) is 11.7 Å². The highest BCUT2D eigenvalue weighted by molar-refractivity contribution is 5.78. The molecule has 0 radical (unpaired) electrons. The van der Waals surface area contributed by atoms with Crippen molar-refractivity contribution in [3.63, 3.8) is 0 Å². The minimum Gasteiger partial charge on any atom is -0.437 e. The lowest BCUT2D eigenvalue weighted by Crippen LogP contribution is -2.40. The molecule has 1 aromatic heterocycles. The first-order valence-corrected chi connectivity index (χ1v) is 10.8. The summed E-state index contributed by atoms with van der Waals surface area (Å²) in [6.45, 7) is -1.13. The van der Waals surface area contributed by atoms with Crippen molar-refractivity contribution in [1.29, 1.82) is 0 Å². The first kappa shape index (κ1) is 24.9. The van der Waals surface area contributed by atoms with Crippen molar-refractivity contribution >= 4 is 23.2 Å². The predicted octanol–water partition coefficient (Wildman–Crippen LogP) is 4.65. The molecule has 0 bridgehead atoms. The fourth-order valence-electron chi connectivity index (χ4n) is 4.27. The summed E-state index contributed by atoms with van der Waals surface area (Å²) in [5.41, 5.74) is -0.417. The third kappa shape index (κ3) is 5.25. The van der Waals surface area contributed by atoms with Gasteiger partial charge in [-0.3, -0.25) is 0 Å². The number of carbonyl (C=O) groups excluding carboxylic acids is 2. The lowest BCUT2D eigenvalue weighted by Gasteiger charge is -2.31. The summed E-state index contributed by atoms with van der Waals surface area (Å²) >= 11 is 0. The molecule has 2 fully saturated rings. The smallest absolute Gasteiger partial charge is 0.410 e. The van der Waals surface area contributed by atoms with Crippen molar-refractivity contribution < 1.29 is 45.1 Å². The number of halogens is 6. The Balaban J connectivity index is 1.59. The number of ether oxygens (including phenoxy) is 1. The summed E-state index contributed by atoms with van der Waals surface area (Å²) in [6, 6.07) is -0.478.